The number of furan rings is 1. The minimum absolute atomic E-state index is 0.0158. The Kier molecular flexibility index (Phi) is 9.12. The molecule has 4 heteroatoms. The number of anilines is 5. The van der Waals surface area contributed by atoms with Crippen LogP contribution in [0.25, 0.3) is 55.3 Å². The van der Waals surface area contributed by atoms with Crippen molar-refractivity contribution in [3.05, 3.63) is 185 Å². The molecular weight excluding hydrogens is 860 g/mol. The summed E-state index contributed by atoms with van der Waals surface area (Å²) in [4.78, 5) is 5.24. The normalized spacial score (nSPS) is 16.9. The maximum absolute atomic E-state index is 7.22. The molecule has 0 bridgehead atoms. The van der Waals surface area contributed by atoms with Crippen LogP contribution in [0.2, 0.25) is 0 Å². The van der Waals surface area contributed by atoms with Crippen LogP contribution in [0.5, 0.6) is 0 Å². The molecule has 0 radical (unpaired) electrons. The number of fused-ring (bicyclic) bond motifs is 12. The lowest BCUT2D eigenvalue weighted by Crippen LogP contribution is -2.61. The number of hydrogen-bond donors (Lipinski definition) is 0. The molecule has 4 aliphatic rings. The summed E-state index contributed by atoms with van der Waals surface area (Å²) in [6, 6.07) is 58.4. The Hall–Kier alpha value is -6.78. The van der Waals surface area contributed by atoms with E-state index in [2.05, 4.69) is 244 Å². The molecule has 9 aromatic rings. The number of hydrogen-bond acceptors (Lipinski definition) is 3. The van der Waals surface area contributed by atoms with E-state index < -0.39 is 0 Å². The van der Waals surface area contributed by atoms with Crippen LogP contribution in [0, 0.1) is 0 Å². The summed E-state index contributed by atoms with van der Waals surface area (Å²) >= 11 is 0. The van der Waals surface area contributed by atoms with E-state index in [-0.39, 0.29) is 33.9 Å². The van der Waals surface area contributed by atoms with E-state index in [0.29, 0.717) is 0 Å². The third-order valence-electron chi connectivity index (χ3n) is 17.4. The molecule has 0 saturated carbocycles. The summed E-state index contributed by atoms with van der Waals surface area (Å²) in [5.41, 5.74) is 26.4. The topological polar surface area (TPSA) is 19.6 Å². The van der Waals surface area contributed by atoms with Crippen LogP contribution in [0.4, 0.5) is 28.4 Å². The molecule has 0 spiro atoms. The summed E-state index contributed by atoms with van der Waals surface area (Å²) < 4.78 is 7.22. The first-order valence-electron chi connectivity index (χ1n) is 26.1. The second-order valence-electron chi connectivity index (χ2n) is 25.3. The molecule has 0 N–H and O–H groups in total. The first kappa shape index (κ1) is 44.2. The van der Waals surface area contributed by atoms with Crippen molar-refractivity contribution in [3.63, 3.8) is 0 Å². The third kappa shape index (κ3) is 6.41. The van der Waals surface area contributed by atoms with Gasteiger partial charge in [0.1, 0.15) is 5.58 Å². The Morgan fingerprint density at radius 1 is 0.479 bits per heavy atom. The van der Waals surface area contributed by atoms with Crippen LogP contribution in [0.15, 0.2) is 156 Å². The highest BCUT2D eigenvalue weighted by Crippen LogP contribution is 2.59. The van der Waals surface area contributed by atoms with Crippen LogP contribution >= 0.6 is 0 Å². The lowest BCUT2D eigenvalue weighted by Gasteiger charge is -2.46. The zero-order valence-corrected chi connectivity index (χ0v) is 43.7. The third-order valence-corrected chi connectivity index (χ3v) is 17.4. The average Bonchev–Trinajstić information content (AvgIpc) is 3.82. The van der Waals surface area contributed by atoms with Crippen molar-refractivity contribution in [3.8, 4) is 33.4 Å². The van der Waals surface area contributed by atoms with Crippen molar-refractivity contribution in [1.29, 1.82) is 0 Å². The van der Waals surface area contributed by atoms with E-state index in [9.17, 15) is 0 Å². The molecule has 352 valence electrons. The largest absolute Gasteiger partial charge is 0.454 e. The monoisotopic (exact) mass is 925 g/mol. The second-order valence-corrected chi connectivity index (χ2v) is 25.3. The minimum atomic E-state index is -0.217. The van der Waals surface area contributed by atoms with Crippen molar-refractivity contribution in [2.24, 2.45) is 0 Å². The maximum Gasteiger partial charge on any atom is 0.333 e. The van der Waals surface area contributed by atoms with Gasteiger partial charge < -0.3 is 14.1 Å². The van der Waals surface area contributed by atoms with Gasteiger partial charge >= 0.3 is 6.85 Å². The highest BCUT2D eigenvalue weighted by molar-refractivity contribution is 6.94. The first-order chi connectivity index (χ1) is 33.7. The van der Waals surface area contributed by atoms with Gasteiger partial charge in [-0.2, -0.15) is 0 Å². The molecule has 3 heterocycles. The molecule has 3 nitrogen and oxygen atoms in total. The fraction of sp³-hybridized carbons (Fsp3) is 0.284. The van der Waals surface area contributed by atoms with Crippen molar-refractivity contribution in [1.82, 2.24) is 0 Å². The van der Waals surface area contributed by atoms with Gasteiger partial charge in [0.2, 0.25) is 0 Å². The van der Waals surface area contributed by atoms with E-state index in [4.69, 9.17) is 4.42 Å². The summed E-state index contributed by atoms with van der Waals surface area (Å²) in [6.45, 7) is 28.6. The highest BCUT2D eigenvalue weighted by Gasteiger charge is 2.49. The van der Waals surface area contributed by atoms with Gasteiger partial charge in [-0.3, -0.25) is 0 Å². The van der Waals surface area contributed by atoms with Gasteiger partial charge in [0.15, 0.2) is 5.58 Å². The molecule has 0 atom stereocenters. The van der Waals surface area contributed by atoms with Gasteiger partial charge in [0.05, 0.1) is 5.69 Å². The molecule has 2 aliphatic carbocycles. The van der Waals surface area contributed by atoms with Gasteiger partial charge in [-0.05, 0) is 167 Å². The first-order valence-corrected chi connectivity index (χ1v) is 26.1. The lowest BCUT2D eigenvalue weighted by molar-refractivity contribution is 0.331. The van der Waals surface area contributed by atoms with E-state index in [1.807, 2.05) is 0 Å². The molecule has 71 heavy (non-hydrogen) atoms. The van der Waals surface area contributed by atoms with E-state index in [1.54, 1.807) is 0 Å². The Labute approximate surface area is 421 Å². The van der Waals surface area contributed by atoms with E-state index >= 15 is 0 Å². The van der Waals surface area contributed by atoms with Gasteiger partial charge in [0, 0.05) is 44.5 Å². The Morgan fingerprint density at radius 3 is 1.76 bits per heavy atom. The zero-order chi connectivity index (χ0) is 49.3. The molecule has 0 fully saturated rings. The SMILES string of the molecule is CC(C)(C)c1ccc(N2c3ccc(C(C)(C)C)cc3B3c4c(cc5c(oc6ccccc65)c42)-c2cc4c(cc2N3c2ccc(-c3ccccc3)cc2)C(C)(C)c2cc3c(cc2-4)C(C)(C)CCC3(C)C)cc1. The summed E-state index contributed by atoms with van der Waals surface area (Å²) in [6.07, 6.45) is 2.38. The smallest absolute Gasteiger partial charge is 0.333 e. The average molecular weight is 925 g/mol. The maximum atomic E-state index is 7.22. The summed E-state index contributed by atoms with van der Waals surface area (Å²) in [5, 5.41) is 2.28. The van der Waals surface area contributed by atoms with Crippen molar-refractivity contribution in [2.45, 2.75) is 123 Å². The van der Waals surface area contributed by atoms with Crippen LogP contribution < -0.4 is 20.6 Å². The summed E-state index contributed by atoms with van der Waals surface area (Å²) in [7, 11) is 0. The molecule has 13 rings (SSSR count). The van der Waals surface area contributed by atoms with E-state index in [0.717, 1.165) is 33.3 Å². The van der Waals surface area contributed by atoms with Crippen molar-refractivity contribution >= 4 is 68.1 Å². The zero-order valence-electron chi connectivity index (χ0n) is 43.7. The van der Waals surface area contributed by atoms with Gasteiger partial charge in [0.25, 0.3) is 0 Å². The number of nitrogens with zero attached hydrogens (tertiary/aromatic N) is 2. The van der Waals surface area contributed by atoms with Crippen LogP contribution in [0.3, 0.4) is 0 Å². The van der Waals surface area contributed by atoms with Crippen LogP contribution in [-0.2, 0) is 27.1 Å². The van der Waals surface area contributed by atoms with Crippen molar-refractivity contribution < 1.29 is 4.42 Å². The Balaban J connectivity index is 1.16. The number of para-hydroxylation sites is 1. The van der Waals surface area contributed by atoms with Crippen molar-refractivity contribution in [2.75, 3.05) is 9.71 Å². The molecule has 0 unspecified atom stereocenters. The summed E-state index contributed by atoms with van der Waals surface area (Å²) in [5.74, 6) is 0. The number of benzene rings is 8. The minimum Gasteiger partial charge on any atom is -0.454 e. The molecular formula is C67H65BN2O. The van der Waals surface area contributed by atoms with Crippen LogP contribution in [-0.4, -0.2) is 6.85 Å². The molecule has 0 saturated heterocycles. The Bertz CT molecular complexity index is 3690. The second kappa shape index (κ2) is 14.7. The lowest BCUT2D eigenvalue weighted by atomic mass is 9.43. The molecule has 8 aromatic carbocycles. The Morgan fingerprint density at radius 2 is 1.07 bits per heavy atom. The molecule has 0 amide bonds. The standard InChI is InChI=1S/C67H65BN2O/c1-63(2,3)42-24-29-44(30-25-42)69-57-31-26-43(64(4,5)6)34-56(57)68-60-50(36-51-46-20-16-17-21-59(46)71-62(51)61(60)69)49-35-47-48-37-54-55(66(9,10)33-32-65(54,7)8)38-52(48)67(11,12)53(47)39-58(49)70(68)45-27-22-41(23-28-45)40-18-14-13-15-19-40/h13-31,34-39H,32-33H2,1-12H3. The quantitative estimate of drug-likeness (QED) is 0.165. The molecule has 2 aliphatic heterocycles. The fourth-order valence-electron chi connectivity index (χ4n) is 13.1. The number of rotatable bonds is 3. The van der Waals surface area contributed by atoms with Gasteiger partial charge in [-0.1, -0.05) is 174 Å². The van der Waals surface area contributed by atoms with E-state index in [1.165, 1.54) is 108 Å². The predicted octanol–water partition coefficient (Wildman–Crippen LogP) is 17.2. The van der Waals surface area contributed by atoms with Gasteiger partial charge in [-0.25, -0.2) is 0 Å². The highest BCUT2D eigenvalue weighted by atomic mass is 16.3. The van der Waals surface area contributed by atoms with Gasteiger partial charge in [-0.15, -0.1) is 0 Å². The fourth-order valence-corrected chi connectivity index (χ4v) is 13.1. The predicted molar refractivity (Wildman–Crippen MR) is 303 cm³/mol. The van der Waals surface area contributed by atoms with Crippen LogP contribution in [0.1, 0.15) is 129 Å². The molecule has 1 aromatic heterocycles.